The van der Waals surface area contributed by atoms with Gasteiger partial charge in [-0.25, -0.2) is 4.52 Å². The molecule has 0 bridgehead atoms. The number of hydrogen-bond acceptors (Lipinski definition) is 3. The molecule has 4 rings (SSSR count). The number of pyridine rings is 1. The van der Waals surface area contributed by atoms with E-state index in [1.165, 1.54) is 5.56 Å². The first-order chi connectivity index (χ1) is 11.8. The molecule has 0 spiro atoms. The molecule has 1 aliphatic heterocycles. The summed E-state index contributed by atoms with van der Waals surface area (Å²) in [6.07, 6.45) is 3.51. The van der Waals surface area contributed by atoms with Crippen molar-refractivity contribution < 1.29 is 4.79 Å². The summed E-state index contributed by atoms with van der Waals surface area (Å²) in [5, 5.41) is 4.27. The van der Waals surface area contributed by atoms with Crippen molar-refractivity contribution in [2.24, 2.45) is 11.7 Å². The van der Waals surface area contributed by atoms with Gasteiger partial charge in [-0.2, -0.15) is 5.10 Å². The molecule has 25 heavy (non-hydrogen) atoms. The quantitative estimate of drug-likeness (QED) is 0.784. The molecule has 1 saturated heterocycles. The highest BCUT2D eigenvalue weighted by molar-refractivity contribution is 6.00. The summed E-state index contributed by atoms with van der Waals surface area (Å²) in [6, 6.07) is 16.1. The maximum atomic E-state index is 13.0. The van der Waals surface area contributed by atoms with Crippen molar-refractivity contribution in [2.45, 2.75) is 5.92 Å². The standard InChI is InChI=1S/C19H20N4O.ClH/c20-10-15-12-22(13-17(15)14-6-2-1-3-7-14)19(24)16-11-21-23-9-5-4-8-18(16)23;/h1-9,11,15,17H,10,12-13,20H2;1H/t15-,17+;/m1./s1. The van der Waals surface area contributed by atoms with Gasteiger partial charge in [0, 0.05) is 25.2 Å². The van der Waals surface area contributed by atoms with E-state index in [2.05, 4.69) is 17.2 Å². The van der Waals surface area contributed by atoms with Crippen molar-refractivity contribution >= 4 is 23.8 Å². The summed E-state index contributed by atoms with van der Waals surface area (Å²) in [6.45, 7) is 1.98. The predicted octanol–water partition coefficient (Wildman–Crippen LogP) is 2.57. The van der Waals surface area contributed by atoms with Crippen LogP contribution in [0.3, 0.4) is 0 Å². The maximum absolute atomic E-state index is 13.0. The third-order valence-corrected chi connectivity index (χ3v) is 4.92. The predicted molar refractivity (Wildman–Crippen MR) is 100 cm³/mol. The molecule has 0 radical (unpaired) electrons. The number of likely N-dealkylation sites (tertiary alicyclic amines) is 1. The van der Waals surface area contributed by atoms with Crippen LogP contribution in [0.1, 0.15) is 21.8 Å². The number of nitrogens with two attached hydrogens (primary N) is 1. The molecule has 0 saturated carbocycles. The van der Waals surface area contributed by atoms with Crippen LogP contribution in [-0.4, -0.2) is 40.1 Å². The fraction of sp³-hybridized carbons (Fsp3) is 0.263. The molecule has 2 aromatic heterocycles. The summed E-state index contributed by atoms with van der Waals surface area (Å²) in [5.74, 6) is 0.619. The molecule has 2 N–H and O–H groups in total. The number of aromatic nitrogens is 2. The van der Waals surface area contributed by atoms with E-state index in [4.69, 9.17) is 5.73 Å². The summed E-state index contributed by atoms with van der Waals surface area (Å²) in [4.78, 5) is 14.9. The first kappa shape index (κ1) is 17.5. The van der Waals surface area contributed by atoms with E-state index in [9.17, 15) is 4.79 Å². The molecular weight excluding hydrogens is 336 g/mol. The van der Waals surface area contributed by atoms with Gasteiger partial charge in [0.2, 0.25) is 0 Å². The van der Waals surface area contributed by atoms with Crippen molar-refractivity contribution in [1.82, 2.24) is 14.5 Å². The average molecular weight is 357 g/mol. The Kier molecular flexibility index (Phi) is 5.06. The zero-order valence-corrected chi connectivity index (χ0v) is 14.6. The van der Waals surface area contributed by atoms with E-state index in [1.54, 1.807) is 10.7 Å². The van der Waals surface area contributed by atoms with Crippen LogP contribution in [0.5, 0.6) is 0 Å². The fourth-order valence-corrected chi connectivity index (χ4v) is 3.62. The van der Waals surface area contributed by atoms with Crippen LogP contribution in [0.25, 0.3) is 5.52 Å². The number of halogens is 1. The lowest BCUT2D eigenvalue weighted by molar-refractivity contribution is 0.0788. The van der Waals surface area contributed by atoms with Crippen LogP contribution in [0.15, 0.2) is 60.9 Å². The average Bonchev–Trinajstić information content (AvgIpc) is 3.26. The number of carbonyl (C=O) groups is 1. The highest BCUT2D eigenvalue weighted by atomic mass is 35.5. The van der Waals surface area contributed by atoms with Crippen LogP contribution in [0.2, 0.25) is 0 Å². The minimum absolute atomic E-state index is 0. The van der Waals surface area contributed by atoms with Crippen LogP contribution in [-0.2, 0) is 0 Å². The largest absolute Gasteiger partial charge is 0.338 e. The minimum Gasteiger partial charge on any atom is -0.338 e. The number of carbonyl (C=O) groups excluding carboxylic acids is 1. The molecule has 1 aromatic carbocycles. The van der Waals surface area contributed by atoms with Crippen LogP contribution in [0.4, 0.5) is 0 Å². The van der Waals surface area contributed by atoms with Crippen LogP contribution in [0, 0.1) is 5.92 Å². The maximum Gasteiger partial charge on any atom is 0.257 e. The van der Waals surface area contributed by atoms with Gasteiger partial charge in [-0.15, -0.1) is 12.4 Å². The lowest BCUT2D eigenvalue weighted by Gasteiger charge is -2.16. The van der Waals surface area contributed by atoms with E-state index in [0.717, 1.165) is 5.52 Å². The van der Waals surface area contributed by atoms with Gasteiger partial charge >= 0.3 is 0 Å². The molecule has 1 fully saturated rings. The number of benzene rings is 1. The zero-order valence-electron chi connectivity index (χ0n) is 13.8. The molecule has 2 atom stereocenters. The summed E-state index contributed by atoms with van der Waals surface area (Å²) in [5.41, 5.74) is 8.73. The Bertz CT molecular complexity index is 864. The molecule has 0 aliphatic carbocycles. The summed E-state index contributed by atoms with van der Waals surface area (Å²) >= 11 is 0. The second kappa shape index (κ2) is 7.25. The summed E-state index contributed by atoms with van der Waals surface area (Å²) in [7, 11) is 0. The Morgan fingerprint density at radius 2 is 1.88 bits per heavy atom. The van der Waals surface area contributed by atoms with Gasteiger partial charge in [-0.3, -0.25) is 4.79 Å². The van der Waals surface area contributed by atoms with Gasteiger partial charge in [0.25, 0.3) is 5.91 Å². The molecule has 1 aliphatic rings. The Labute approximate surface area is 152 Å². The van der Waals surface area contributed by atoms with E-state index in [0.29, 0.717) is 31.1 Å². The van der Waals surface area contributed by atoms with Gasteiger partial charge < -0.3 is 10.6 Å². The molecule has 1 amide bonds. The third kappa shape index (κ3) is 3.13. The zero-order chi connectivity index (χ0) is 16.5. The van der Waals surface area contributed by atoms with Gasteiger partial charge in [-0.1, -0.05) is 36.4 Å². The van der Waals surface area contributed by atoms with Crippen LogP contribution >= 0.6 is 12.4 Å². The van der Waals surface area contributed by atoms with Gasteiger partial charge in [0.1, 0.15) is 0 Å². The second-order valence-electron chi connectivity index (χ2n) is 6.31. The highest BCUT2D eigenvalue weighted by Crippen LogP contribution is 2.33. The monoisotopic (exact) mass is 356 g/mol. The van der Waals surface area contributed by atoms with Crippen LogP contribution < -0.4 is 5.73 Å². The molecule has 3 aromatic rings. The van der Waals surface area contributed by atoms with Crippen molar-refractivity contribution in [3.63, 3.8) is 0 Å². The Balaban J connectivity index is 0.00000182. The van der Waals surface area contributed by atoms with E-state index >= 15 is 0 Å². The Hall–Kier alpha value is -2.37. The SMILES string of the molecule is Cl.NC[C@@H]1CN(C(=O)c2cnn3ccccc23)C[C@H]1c1ccccc1. The molecule has 5 nitrogen and oxygen atoms in total. The fourth-order valence-electron chi connectivity index (χ4n) is 3.62. The number of nitrogens with zero attached hydrogens (tertiary/aromatic N) is 3. The third-order valence-electron chi connectivity index (χ3n) is 4.92. The van der Waals surface area contributed by atoms with Gasteiger partial charge in [0.15, 0.2) is 0 Å². The van der Waals surface area contributed by atoms with Gasteiger partial charge in [0.05, 0.1) is 17.3 Å². The van der Waals surface area contributed by atoms with E-state index in [1.807, 2.05) is 47.5 Å². The first-order valence-corrected chi connectivity index (χ1v) is 8.24. The smallest absolute Gasteiger partial charge is 0.257 e. The number of amides is 1. The second-order valence-corrected chi connectivity index (χ2v) is 6.31. The van der Waals surface area contributed by atoms with E-state index < -0.39 is 0 Å². The Morgan fingerprint density at radius 1 is 1.12 bits per heavy atom. The van der Waals surface area contributed by atoms with E-state index in [-0.39, 0.29) is 24.2 Å². The number of rotatable bonds is 3. The number of fused-ring (bicyclic) bond motifs is 1. The molecular formula is C19H21ClN4O. The Morgan fingerprint density at radius 3 is 2.64 bits per heavy atom. The lowest BCUT2D eigenvalue weighted by atomic mass is 9.89. The summed E-state index contributed by atoms with van der Waals surface area (Å²) < 4.78 is 1.73. The first-order valence-electron chi connectivity index (χ1n) is 8.24. The normalized spacial score (nSPS) is 19.8. The van der Waals surface area contributed by atoms with Crippen molar-refractivity contribution in [3.05, 3.63) is 72.1 Å². The highest BCUT2D eigenvalue weighted by Gasteiger charge is 2.36. The topological polar surface area (TPSA) is 63.6 Å². The lowest BCUT2D eigenvalue weighted by Crippen LogP contribution is -2.29. The van der Waals surface area contributed by atoms with Gasteiger partial charge in [-0.05, 0) is 30.2 Å². The van der Waals surface area contributed by atoms with Crippen molar-refractivity contribution in [3.8, 4) is 0 Å². The molecule has 6 heteroatoms. The minimum atomic E-state index is 0. The molecule has 0 unspecified atom stereocenters. The molecule has 3 heterocycles. The molecule has 130 valence electrons. The van der Waals surface area contributed by atoms with Crippen molar-refractivity contribution in [2.75, 3.05) is 19.6 Å². The van der Waals surface area contributed by atoms with Crippen molar-refractivity contribution in [1.29, 1.82) is 0 Å². The number of hydrogen-bond donors (Lipinski definition) is 1.